The number of allylic oxidation sites excluding steroid dienone is 1. The fourth-order valence-electron chi connectivity index (χ4n) is 4.26. The van der Waals surface area contributed by atoms with Crippen molar-refractivity contribution in [3.05, 3.63) is 102 Å². The summed E-state index contributed by atoms with van der Waals surface area (Å²) in [5.41, 5.74) is 1.77. The van der Waals surface area contributed by atoms with Crippen LogP contribution < -0.4 is 14.2 Å². The van der Waals surface area contributed by atoms with E-state index in [2.05, 4.69) is 19.6 Å². The van der Waals surface area contributed by atoms with Crippen LogP contribution in [0.2, 0.25) is 0 Å². The summed E-state index contributed by atoms with van der Waals surface area (Å²) in [6.07, 6.45) is 11.6. The van der Waals surface area contributed by atoms with E-state index in [1.807, 2.05) is 6.08 Å². The van der Waals surface area contributed by atoms with E-state index in [4.69, 9.17) is 24.2 Å². The first-order valence-electron chi connectivity index (χ1n) is 15.0. The largest absolute Gasteiger partial charge is 0.494 e. The second-order valence-corrected chi connectivity index (χ2v) is 10.2. The summed E-state index contributed by atoms with van der Waals surface area (Å²) in [7, 11) is 0. The van der Waals surface area contributed by atoms with Crippen molar-refractivity contribution in [3.8, 4) is 23.3 Å². The van der Waals surface area contributed by atoms with Crippen molar-refractivity contribution in [3.63, 3.8) is 0 Å². The number of carbonyl (C=O) groups excluding carboxylic acids is 2. The average Bonchev–Trinajstić information content (AvgIpc) is 3.04. The van der Waals surface area contributed by atoms with Gasteiger partial charge in [-0.3, -0.25) is 0 Å². The Bertz CT molecular complexity index is 1340. The Hall–Kier alpha value is -4.57. The molecule has 226 valence electrons. The first-order valence-corrected chi connectivity index (χ1v) is 15.0. The van der Waals surface area contributed by atoms with Gasteiger partial charge in [-0.25, -0.2) is 9.59 Å². The molecule has 3 aromatic rings. The van der Waals surface area contributed by atoms with E-state index < -0.39 is 11.9 Å². The molecule has 43 heavy (non-hydrogen) atoms. The highest BCUT2D eigenvalue weighted by atomic mass is 16.5. The highest BCUT2D eigenvalue weighted by Crippen LogP contribution is 2.27. The van der Waals surface area contributed by atoms with Gasteiger partial charge in [-0.05, 0) is 85.8 Å². The summed E-state index contributed by atoms with van der Waals surface area (Å²) in [6.45, 7) is 7.00. The van der Waals surface area contributed by atoms with Crippen molar-refractivity contribution in [1.82, 2.24) is 0 Å². The van der Waals surface area contributed by atoms with E-state index in [-0.39, 0.29) is 17.9 Å². The van der Waals surface area contributed by atoms with Gasteiger partial charge in [0.05, 0.1) is 30.4 Å². The molecule has 3 aromatic carbocycles. The number of unbranched alkanes of at least 4 members (excludes halogenated alkanes) is 7. The number of hydrogen-bond acceptors (Lipinski definition) is 7. The molecule has 0 amide bonds. The topological polar surface area (TPSA) is 94.8 Å². The normalized spacial score (nSPS) is 10.4. The number of nitriles is 1. The van der Waals surface area contributed by atoms with Crippen LogP contribution in [0.1, 0.15) is 96.6 Å². The minimum absolute atomic E-state index is 0.0145. The van der Waals surface area contributed by atoms with Gasteiger partial charge in [-0.2, -0.15) is 5.26 Å². The van der Waals surface area contributed by atoms with Crippen LogP contribution in [-0.2, 0) is 11.3 Å². The van der Waals surface area contributed by atoms with Crippen LogP contribution >= 0.6 is 0 Å². The quantitative estimate of drug-likeness (QED) is 0.0603. The second-order valence-electron chi connectivity index (χ2n) is 10.2. The van der Waals surface area contributed by atoms with Crippen LogP contribution in [0.4, 0.5) is 0 Å². The van der Waals surface area contributed by atoms with Crippen molar-refractivity contribution in [1.29, 1.82) is 5.26 Å². The van der Waals surface area contributed by atoms with Crippen LogP contribution in [0.3, 0.4) is 0 Å². The Morgan fingerprint density at radius 2 is 1.47 bits per heavy atom. The molecule has 0 radical (unpaired) electrons. The zero-order valence-electron chi connectivity index (χ0n) is 25.0. The predicted molar refractivity (Wildman–Crippen MR) is 167 cm³/mol. The number of rotatable bonds is 19. The van der Waals surface area contributed by atoms with E-state index in [9.17, 15) is 9.59 Å². The highest BCUT2D eigenvalue weighted by molar-refractivity contribution is 5.94. The maximum atomic E-state index is 13.1. The summed E-state index contributed by atoms with van der Waals surface area (Å²) < 4.78 is 22.8. The molecule has 7 nitrogen and oxygen atoms in total. The lowest BCUT2D eigenvalue weighted by Crippen LogP contribution is -2.12. The Labute approximate surface area is 255 Å². The number of carbonyl (C=O) groups is 2. The molecular weight excluding hydrogens is 542 g/mol. The van der Waals surface area contributed by atoms with Crippen LogP contribution in [0.5, 0.6) is 17.2 Å². The molecule has 0 aliphatic rings. The van der Waals surface area contributed by atoms with E-state index in [1.165, 1.54) is 31.7 Å². The average molecular weight is 584 g/mol. The fraction of sp³-hybridized carbons (Fsp3) is 0.361. The Balaban J connectivity index is 1.61. The molecule has 0 spiro atoms. The van der Waals surface area contributed by atoms with E-state index in [1.54, 1.807) is 60.7 Å². The molecule has 0 saturated carbocycles. The maximum absolute atomic E-state index is 13.1. The standard InChI is InChI=1S/C36H41NO6/c1-3-5-7-9-10-12-23-40-31-19-17-30(18-20-31)35(38)43-32-21-22-34(41-24-11-8-6-4-2)33(25-32)36(39)42-27-29-15-13-28(26-37)14-16-29/h4,13-22,25H,2-3,5-12,23-24,27H2,1H3. The van der Waals surface area contributed by atoms with Crippen molar-refractivity contribution in [2.45, 2.75) is 71.3 Å². The molecule has 0 aliphatic heterocycles. The molecule has 0 aromatic heterocycles. The lowest BCUT2D eigenvalue weighted by atomic mass is 10.1. The molecule has 0 unspecified atom stereocenters. The lowest BCUT2D eigenvalue weighted by molar-refractivity contribution is 0.0466. The molecular formula is C36H41NO6. The Kier molecular flexibility index (Phi) is 14.4. The maximum Gasteiger partial charge on any atom is 0.343 e. The number of ether oxygens (including phenoxy) is 4. The van der Waals surface area contributed by atoms with Gasteiger partial charge in [0.25, 0.3) is 0 Å². The lowest BCUT2D eigenvalue weighted by Gasteiger charge is -2.13. The number of hydrogen-bond donors (Lipinski definition) is 0. The third-order valence-electron chi connectivity index (χ3n) is 6.75. The Morgan fingerprint density at radius 3 is 2.19 bits per heavy atom. The van der Waals surface area contributed by atoms with Gasteiger partial charge in [-0.1, -0.05) is 57.2 Å². The van der Waals surface area contributed by atoms with E-state index in [0.29, 0.717) is 35.8 Å². The minimum Gasteiger partial charge on any atom is -0.494 e. The third-order valence-corrected chi connectivity index (χ3v) is 6.75. The molecule has 0 saturated heterocycles. The molecule has 0 fully saturated rings. The molecule has 0 aliphatic carbocycles. The third kappa shape index (κ3) is 11.7. The first kappa shape index (κ1) is 32.9. The van der Waals surface area contributed by atoms with Crippen molar-refractivity contribution in [2.75, 3.05) is 13.2 Å². The smallest absolute Gasteiger partial charge is 0.343 e. The van der Waals surface area contributed by atoms with Crippen LogP contribution in [0.25, 0.3) is 0 Å². The number of esters is 2. The van der Waals surface area contributed by atoms with Gasteiger partial charge in [0.15, 0.2) is 0 Å². The monoisotopic (exact) mass is 583 g/mol. The van der Waals surface area contributed by atoms with Crippen molar-refractivity contribution in [2.24, 2.45) is 0 Å². The number of benzene rings is 3. The predicted octanol–water partition coefficient (Wildman–Crippen LogP) is 8.61. The van der Waals surface area contributed by atoms with Crippen LogP contribution in [-0.4, -0.2) is 25.2 Å². The van der Waals surface area contributed by atoms with Crippen molar-refractivity contribution < 1.29 is 28.5 Å². The molecule has 0 heterocycles. The fourth-order valence-corrected chi connectivity index (χ4v) is 4.26. The van der Waals surface area contributed by atoms with Gasteiger partial charge in [-0.15, -0.1) is 6.58 Å². The van der Waals surface area contributed by atoms with Gasteiger partial charge in [0, 0.05) is 0 Å². The van der Waals surface area contributed by atoms with Gasteiger partial charge < -0.3 is 18.9 Å². The van der Waals surface area contributed by atoms with E-state index in [0.717, 1.165) is 37.7 Å². The number of nitrogens with zero attached hydrogens (tertiary/aromatic N) is 1. The second kappa shape index (κ2) is 18.8. The van der Waals surface area contributed by atoms with Crippen LogP contribution in [0.15, 0.2) is 79.4 Å². The van der Waals surface area contributed by atoms with Gasteiger partial charge in [0.1, 0.15) is 29.4 Å². The van der Waals surface area contributed by atoms with E-state index >= 15 is 0 Å². The van der Waals surface area contributed by atoms with Crippen LogP contribution in [0, 0.1) is 11.3 Å². The highest BCUT2D eigenvalue weighted by Gasteiger charge is 2.18. The van der Waals surface area contributed by atoms with Gasteiger partial charge in [0.2, 0.25) is 0 Å². The SMILES string of the molecule is C=CCCCCOc1ccc(OC(=O)c2ccc(OCCCCCCCC)cc2)cc1C(=O)OCc1ccc(C#N)cc1. The minimum atomic E-state index is -0.616. The summed E-state index contributed by atoms with van der Waals surface area (Å²) in [5.74, 6) is 0.0625. The molecule has 0 atom stereocenters. The molecule has 7 heteroatoms. The zero-order chi connectivity index (χ0) is 30.7. The summed E-state index contributed by atoms with van der Waals surface area (Å²) >= 11 is 0. The molecule has 0 bridgehead atoms. The summed E-state index contributed by atoms with van der Waals surface area (Å²) in [6, 6.07) is 20.3. The summed E-state index contributed by atoms with van der Waals surface area (Å²) in [4.78, 5) is 26.0. The van der Waals surface area contributed by atoms with Gasteiger partial charge >= 0.3 is 11.9 Å². The first-order chi connectivity index (χ1) is 21.0. The summed E-state index contributed by atoms with van der Waals surface area (Å²) in [5, 5.41) is 8.99. The Morgan fingerprint density at radius 1 is 0.791 bits per heavy atom. The molecule has 3 rings (SSSR count). The molecule has 0 N–H and O–H groups in total. The zero-order valence-corrected chi connectivity index (χ0v) is 25.0. The van der Waals surface area contributed by atoms with Crippen molar-refractivity contribution >= 4 is 11.9 Å².